The summed E-state index contributed by atoms with van der Waals surface area (Å²) in [6.07, 6.45) is 2.14. The van der Waals surface area contributed by atoms with E-state index < -0.39 is 10.0 Å². The van der Waals surface area contributed by atoms with E-state index in [1.54, 1.807) is 28.6 Å². The summed E-state index contributed by atoms with van der Waals surface area (Å²) in [7, 11) is -3.43. The minimum atomic E-state index is -3.43. The van der Waals surface area contributed by atoms with Gasteiger partial charge in [-0.05, 0) is 42.7 Å². The number of carbonyl (C=O) groups excluding carboxylic acids is 1. The highest BCUT2D eigenvalue weighted by molar-refractivity contribution is 7.89. The van der Waals surface area contributed by atoms with Gasteiger partial charge in [-0.3, -0.25) is 9.69 Å². The maximum absolute atomic E-state index is 12.7. The molecule has 0 bridgehead atoms. The second-order valence-corrected chi connectivity index (χ2v) is 9.38. The van der Waals surface area contributed by atoms with Crippen LogP contribution < -0.4 is 5.32 Å². The van der Waals surface area contributed by atoms with E-state index in [1.165, 1.54) is 0 Å². The van der Waals surface area contributed by atoms with E-state index in [2.05, 4.69) is 10.2 Å². The van der Waals surface area contributed by atoms with Crippen LogP contribution in [-0.4, -0.2) is 55.8 Å². The van der Waals surface area contributed by atoms with Crippen molar-refractivity contribution in [1.29, 1.82) is 0 Å². The summed E-state index contributed by atoms with van der Waals surface area (Å²) in [4.78, 5) is 14.8. The molecule has 2 aromatic carbocycles. The zero-order valence-corrected chi connectivity index (χ0v) is 16.6. The van der Waals surface area contributed by atoms with Crippen molar-refractivity contribution in [2.24, 2.45) is 0 Å². The van der Waals surface area contributed by atoms with Crippen LogP contribution in [0, 0.1) is 0 Å². The van der Waals surface area contributed by atoms with Crippen LogP contribution in [0.25, 0.3) is 0 Å². The molecule has 0 unspecified atom stereocenters. The Labute approximate surface area is 166 Å². The monoisotopic (exact) mass is 399 g/mol. The van der Waals surface area contributed by atoms with Crippen LogP contribution in [0.4, 0.5) is 0 Å². The number of carbonyl (C=O) groups is 1. The Bertz CT molecular complexity index is 934. The van der Waals surface area contributed by atoms with Crippen LogP contribution >= 0.6 is 0 Å². The highest BCUT2D eigenvalue weighted by atomic mass is 32.2. The molecule has 1 saturated carbocycles. The second-order valence-electron chi connectivity index (χ2n) is 7.44. The Morgan fingerprint density at radius 1 is 0.964 bits per heavy atom. The number of nitrogens with one attached hydrogen (secondary N) is 1. The van der Waals surface area contributed by atoms with E-state index in [9.17, 15) is 13.2 Å². The lowest BCUT2D eigenvalue weighted by atomic mass is 10.1. The van der Waals surface area contributed by atoms with Crippen LogP contribution in [0.5, 0.6) is 0 Å². The smallest absolute Gasteiger partial charge is 0.251 e. The molecule has 1 N–H and O–H groups in total. The number of nitrogens with zero attached hydrogens (tertiary/aromatic N) is 2. The van der Waals surface area contributed by atoms with Gasteiger partial charge in [0.2, 0.25) is 10.0 Å². The number of hydrogen-bond acceptors (Lipinski definition) is 4. The maximum Gasteiger partial charge on any atom is 0.251 e. The molecule has 6 nitrogen and oxygen atoms in total. The lowest BCUT2D eigenvalue weighted by Gasteiger charge is -2.34. The largest absolute Gasteiger partial charge is 0.349 e. The van der Waals surface area contributed by atoms with Crippen molar-refractivity contribution in [2.75, 3.05) is 26.2 Å². The standard InChI is InChI=1S/C21H25N3O3S/c25-21(22-19-9-10-19)18-6-4-5-17(15-18)16-23-11-13-24(14-12-23)28(26,27)20-7-2-1-3-8-20/h1-8,15,19H,9-14,16H2,(H,22,25). The first kappa shape index (κ1) is 19.1. The molecular formula is C21H25N3O3S. The summed E-state index contributed by atoms with van der Waals surface area (Å²) in [5.41, 5.74) is 1.76. The molecule has 1 saturated heterocycles. The molecule has 148 valence electrons. The molecule has 0 radical (unpaired) electrons. The number of sulfonamides is 1. The van der Waals surface area contributed by atoms with E-state index >= 15 is 0 Å². The van der Waals surface area contributed by atoms with Crippen molar-refractivity contribution in [1.82, 2.24) is 14.5 Å². The summed E-state index contributed by atoms with van der Waals surface area (Å²) in [6, 6.07) is 16.6. The molecule has 1 aliphatic carbocycles. The van der Waals surface area contributed by atoms with E-state index in [0.717, 1.165) is 18.4 Å². The van der Waals surface area contributed by atoms with Gasteiger partial charge in [0.25, 0.3) is 5.91 Å². The average Bonchev–Trinajstić information content (AvgIpc) is 3.53. The maximum atomic E-state index is 12.7. The van der Waals surface area contributed by atoms with E-state index in [4.69, 9.17) is 0 Å². The predicted molar refractivity (Wildman–Crippen MR) is 107 cm³/mol. The van der Waals surface area contributed by atoms with Gasteiger partial charge >= 0.3 is 0 Å². The number of piperazine rings is 1. The number of hydrogen-bond donors (Lipinski definition) is 1. The molecule has 0 spiro atoms. The van der Waals surface area contributed by atoms with Crippen LogP contribution in [0.15, 0.2) is 59.5 Å². The zero-order chi connectivity index (χ0) is 19.6. The lowest BCUT2D eigenvalue weighted by molar-refractivity contribution is 0.0950. The molecule has 2 aliphatic rings. The van der Waals surface area contributed by atoms with Gasteiger partial charge in [-0.15, -0.1) is 0 Å². The third kappa shape index (κ3) is 4.43. The van der Waals surface area contributed by atoms with Gasteiger partial charge in [-0.1, -0.05) is 30.3 Å². The molecule has 0 atom stereocenters. The van der Waals surface area contributed by atoms with Gasteiger partial charge in [0.1, 0.15) is 0 Å². The molecule has 2 aromatic rings. The van der Waals surface area contributed by atoms with Crippen molar-refractivity contribution in [3.63, 3.8) is 0 Å². The van der Waals surface area contributed by atoms with Crippen molar-refractivity contribution >= 4 is 15.9 Å². The Balaban J connectivity index is 1.35. The molecule has 0 aromatic heterocycles. The van der Waals surface area contributed by atoms with Gasteiger partial charge < -0.3 is 5.32 Å². The van der Waals surface area contributed by atoms with Crippen LogP contribution in [0.1, 0.15) is 28.8 Å². The minimum absolute atomic E-state index is 0.0110. The second kappa shape index (κ2) is 8.03. The quantitative estimate of drug-likeness (QED) is 0.808. The third-order valence-corrected chi connectivity index (χ3v) is 7.13. The Morgan fingerprint density at radius 2 is 1.68 bits per heavy atom. The highest BCUT2D eigenvalue weighted by Gasteiger charge is 2.28. The third-order valence-electron chi connectivity index (χ3n) is 5.22. The van der Waals surface area contributed by atoms with Crippen molar-refractivity contribution in [3.05, 3.63) is 65.7 Å². The molecular weight excluding hydrogens is 374 g/mol. The fraction of sp³-hybridized carbons (Fsp3) is 0.381. The molecule has 1 aliphatic heterocycles. The normalized spacial score (nSPS) is 18.7. The number of benzene rings is 2. The molecule has 28 heavy (non-hydrogen) atoms. The van der Waals surface area contributed by atoms with Crippen molar-refractivity contribution in [2.45, 2.75) is 30.3 Å². The van der Waals surface area contributed by atoms with Gasteiger partial charge in [-0.2, -0.15) is 4.31 Å². The van der Waals surface area contributed by atoms with Gasteiger partial charge in [-0.25, -0.2) is 8.42 Å². The van der Waals surface area contributed by atoms with Crippen LogP contribution in [-0.2, 0) is 16.6 Å². The van der Waals surface area contributed by atoms with Crippen molar-refractivity contribution < 1.29 is 13.2 Å². The summed E-state index contributed by atoms with van der Waals surface area (Å²) >= 11 is 0. The topological polar surface area (TPSA) is 69.7 Å². The first-order chi connectivity index (χ1) is 13.5. The summed E-state index contributed by atoms with van der Waals surface area (Å²) in [6.45, 7) is 3.00. The minimum Gasteiger partial charge on any atom is -0.349 e. The van der Waals surface area contributed by atoms with Crippen LogP contribution in [0.3, 0.4) is 0 Å². The molecule has 1 heterocycles. The molecule has 7 heteroatoms. The van der Waals surface area contributed by atoms with Crippen LogP contribution in [0.2, 0.25) is 0 Å². The van der Waals surface area contributed by atoms with E-state index in [0.29, 0.717) is 49.2 Å². The Hall–Kier alpha value is -2.22. The number of amides is 1. The average molecular weight is 400 g/mol. The molecule has 4 rings (SSSR count). The Kier molecular flexibility index (Phi) is 5.48. The lowest BCUT2D eigenvalue weighted by Crippen LogP contribution is -2.48. The SMILES string of the molecule is O=C(NC1CC1)c1cccc(CN2CCN(S(=O)(=O)c3ccccc3)CC2)c1. The first-order valence-corrected chi connectivity index (χ1v) is 11.1. The van der Waals surface area contributed by atoms with Crippen molar-refractivity contribution in [3.8, 4) is 0 Å². The molecule has 2 fully saturated rings. The summed E-state index contributed by atoms with van der Waals surface area (Å²) in [5.74, 6) is -0.0110. The van der Waals surface area contributed by atoms with Gasteiger partial charge in [0, 0.05) is 44.3 Å². The fourth-order valence-electron chi connectivity index (χ4n) is 3.44. The highest BCUT2D eigenvalue weighted by Crippen LogP contribution is 2.20. The summed E-state index contributed by atoms with van der Waals surface area (Å²) < 4.78 is 27.0. The number of rotatable bonds is 6. The van der Waals surface area contributed by atoms with Gasteiger partial charge in [0.15, 0.2) is 0 Å². The fourth-order valence-corrected chi connectivity index (χ4v) is 4.88. The van der Waals surface area contributed by atoms with E-state index in [-0.39, 0.29) is 5.91 Å². The molecule has 1 amide bonds. The van der Waals surface area contributed by atoms with Gasteiger partial charge in [0.05, 0.1) is 4.90 Å². The summed E-state index contributed by atoms with van der Waals surface area (Å²) in [5, 5.41) is 3.01. The Morgan fingerprint density at radius 3 is 2.36 bits per heavy atom. The zero-order valence-electron chi connectivity index (χ0n) is 15.8. The first-order valence-electron chi connectivity index (χ1n) is 9.70. The predicted octanol–water partition coefficient (Wildman–Crippen LogP) is 2.09. The van der Waals surface area contributed by atoms with E-state index in [1.807, 2.05) is 30.3 Å².